The Morgan fingerprint density at radius 2 is 1.95 bits per heavy atom. The van der Waals surface area contributed by atoms with Gasteiger partial charge in [0, 0.05) is 26.6 Å². The number of carbonyl (C=O) groups excluding carboxylic acids is 2. The van der Waals surface area contributed by atoms with Gasteiger partial charge in [0.1, 0.15) is 0 Å². The van der Waals surface area contributed by atoms with Gasteiger partial charge < -0.3 is 19.6 Å². The van der Waals surface area contributed by atoms with Crippen molar-refractivity contribution in [1.82, 2.24) is 9.80 Å². The smallest absolute Gasteiger partial charge is 0.225 e. The van der Waals surface area contributed by atoms with E-state index in [1.807, 2.05) is 0 Å². The lowest BCUT2D eigenvalue weighted by atomic mass is 9.92. The molecule has 0 bridgehead atoms. The van der Waals surface area contributed by atoms with Gasteiger partial charge in [-0.2, -0.15) is 0 Å². The van der Waals surface area contributed by atoms with Crippen LogP contribution in [0.2, 0.25) is 0 Å². The molecule has 2 aliphatic heterocycles. The Hall–Kier alpha value is -1.14. The highest BCUT2D eigenvalue weighted by Crippen LogP contribution is 2.33. The number of hydrogen-bond acceptors (Lipinski definition) is 4. The maximum Gasteiger partial charge on any atom is 0.225 e. The third-order valence-corrected chi connectivity index (χ3v) is 4.11. The van der Waals surface area contributed by atoms with Gasteiger partial charge in [-0.1, -0.05) is 0 Å². The van der Waals surface area contributed by atoms with E-state index in [1.54, 1.807) is 9.80 Å². The second-order valence-electron chi connectivity index (χ2n) is 5.33. The SMILES string of the molecule is CC(=O)N1CCC[C@@]1(CO)CC(=O)N1CCOCC1. The average Bonchev–Trinajstić information content (AvgIpc) is 2.84. The second kappa shape index (κ2) is 5.88. The van der Waals surface area contributed by atoms with Crippen LogP contribution in [-0.2, 0) is 14.3 Å². The third-order valence-electron chi connectivity index (χ3n) is 4.11. The van der Waals surface area contributed by atoms with Crippen molar-refractivity contribution < 1.29 is 19.4 Å². The second-order valence-corrected chi connectivity index (χ2v) is 5.33. The van der Waals surface area contributed by atoms with Gasteiger partial charge in [-0.3, -0.25) is 9.59 Å². The van der Waals surface area contributed by atoms with E-state index in [-0.39, 0.29) is 24.8 Å². The van der Waals surface area contributed by atoms with Crippen LogP contribution in [0.4, 0.5) is 0 Å². The van der Waals surface area contributed by atoms with E-state index in [0.29, 0.717) is 39.3 Å². The van der Waals surface area contributed by atoms with Gasteiger partial charge in [0.2, 0.25) is 11.8 Å². The van der Waals surface area contributed by atoms with E-state index in [2.05, 4.69) is 0 Å². The number of morpholine rings is 1. The van der Waals surface area contributed by atoms with Gasteiger partial charge in [-0.15, -0.1) is 0 Å². The number of hydrogen-bond donors (Lipinski definition) is 1. The Morgan fingerprint density at radius 1 is 1.26 bits per heavy atom. The molecule has 0 aromatic heterocycles. The fraction of sp³-hybridized carbons (Fsp3) is 0.846. The molecular formula is C13H22N2O4. The molecule has 2 aliphatic rings. The molecule has 2 fully saturated rings. The predicted molar refractivity (Wildman–Crippen MR) is 68.5 cm³/mol. The summed E-state index contributed by atoms with van der Waals surface area (Å²) in [4.78, 5) is 27.4. The molecule has 2 rings (SSSR count). The first-order chi connectivity index (χ1) is 9.09. The first-order valence-corrected chi connectivity index (χ1v) is 6.84. The van der Waals surface area contributed by atoms with E-state index in [0.717, 1.165) is 6.42 Å². The van der Waals surface area contributed by atoms with Crippen LogP contribution < -0.4 is 0 Å². The molecule has 0 saturated carbocycles. The zero-order valence-electron chi connectivity index (χ0n) is 11.4. The Bertz CT molecular complexity index is 355. The molecule has 1 N–H and O–H groups in total. The van der Waals surface area contributed by atoms with Crippen molar-refractivity contribution in [1.29, 1.82) is 0 Å². The van der Waals surface area contributed by atoms with Crippen molar-refractivity contribution in [3.05, 3.63) is 0 Å². The summed E-state index contributed by atoms with van der Waals surface area (Å²) in [5, 5.41) is 9.69. The van der Waals surface area contributed by atoms with Crippen molar-refractivity contribution in [2.45, 2.75) is 31.7 Å². The summed E-state index contributed by atoms with van der Waals surface area (Å²) in [5.74, 6) is -0.0631. The van der Waals surface area contributed by atoms with E-state index < -0.39 is 5.54 Å². The summed E-state index contributed by atoms with van der Waals surface area (Å²) in [6, 6.07) is 0. The fourth-order valence-electron chi connectivity index (χ4n) is 3.04. The first-order valence-electron chi connectivity index (χ1n) is 6.84. The average molecular weight is 270 g/mol. The molecule has 19 heavy (non-hydrogen) atoms. The molecule has 1 atom stereocenters. The van der Waals surface area contributed by atoms with Gasteiger partial charge >= 0.3 is 0 Å². The van der Waals surface area contributed by atoms with Crippen molar-refractivity contribution in [3.8, 4) is 0 Å². The molecule has 0 aromatic carbocycles. The number of nitrogens with zero attached hydrogens (tertiary/aromatic N) is 2. The summed E-state index contributed by atoms with van der Waals surface area (Å²) in [7, 11) is 0. The Morgan fingerprint density at radius 3 is 2.53 bits per heavy atom. The van der Waals surface area contributed by atoms with Crippen molar-refractivity contribution in [2.24, 2.45) is 0 Å². The van der Waals surface area contributed by atoms with Crippen LogP contribution in [0.25, 0.3) is 0 Å². The minimum Gasteiger partial charge on any atom is -0.394 e. The molecule has 2 heterocycles. The maximum absolute atomic E-state index is 12.3. The zero-order chi connectivity index (χ0) is 13.9. The van der Waals surface area contributed by atoms with Crippen molar-refractivity contribution in [2.75, 3.05) is 39.5 Å². The monoisotopic (exact) mass is 270 g/mol. The molecule has 0 aromatic rings. The molecule has 0 radical (unpaired) electrons. The number of likely N-dealkylation sites (tertiary alicyclic amines) is 1. The van der Waals surface area contributed by atoms with Crippen molar-refractivity contribution >= 4 is 11.8 Å². The minimum absolute atomic E-state index is 0.00509. The van der Waals surface area contributed by atoms with Crippen LogP contribution in [0.1, 0.15) is 26.2 Å². The molecule has 108 valence electrons. The van der Waals surface area contributed by atoms with Gasteiger partial charge in [-0.05, 0) is 12.8 Å². The van der Waals surface area contributed by atoms with Gasteiger partial charge in [0.05, 0.1) is 31.8 Å². The summed E-state index contributed by atoms with van der Waals surface area (Å²) in [6.07, 6.45) is 1.75. The number of aliphatic hydroxyl groups is 1. The molecular weight excluding hydrogens is 248 g/mol. The van der Waals surface area contributed by atoms with E-state index >= 15 is 0 Å². The third kappa shape index (κ3) is 2.90. The van der Waals surface area contributed by atoms with Gasteiger partial charge in [0.15, 0.2) is 0 Å². The number of carbonyl (C=O) groups is 2. The molecule has 2 amide bonds. The number of ether oxygens (including phenoxy) is 1. The first kappa shape index (κ1) is 14.3. The zero-order valence-corrected chi connectivity index (χ0v) is 11.4. The normalized spacial score (nSPS) is 27.7. The van der Waals surface area contributed by atoms with E-state index in [9.17, 15) is 14.7 Å². The molecule has 6 heteroatoms. The molecule has 0 unspecified atom stereocenters. The van der Waals surface area contributed by atoms with Crippen LogP contribution in [0.3, 0.4) is 0 Å². The fourth-order valence-corrected chi connectivity index (χ4v) is 3.04. The predicted octanol–water partition coefficient (Wildman–Crippen LogP) is -0.391. The number of rotatable bonds is 3. The molecule has 2 saturated heterocycles. The molecule has 6 nitrogen and oxygen atoms in total. The largest absolute Gasteiger partial charge is 0.394 e. The summed E-state index contributed by atoms with van der Waals surface area (Å²) in [5.41, 5.74) is -0.693. The van der Waals surface area contributed by atoms with Crippen LogP contribution in [-0.4, -0.2) is 71.7 Å². The molecule has 0 spiro atoms. The van der Waals surface area contributed by atoms with Crippen LogP contribution in [0.15, 0.2) is 0 Å². The number of aliphatic hydroxyl groups excluding tert-OH is 1. The lowest BCUT2D eigenvalue weighted by molar-refractivity contribution is -0.143. The summed E-state index contributed by atoms with van der Waals surface area (Å²) in [6.45, 7) is 4.30. The Balaban J connectivity index is 2.05. The highest BCUT2D eigenvalue weighted by Gasteiger charge is 2.44. The van der Waals surface area contributed by atoms with Crippen LogP contribution in [0.5, 0.6) is 0 Å². The van der Waals surface area contributed by atoms with Gasteiger partial charge in [-0.25, -0.2) is 0 Å². The van der Waals surface area contributed by atoms with Crippen LogP contribution in [0, 0.1) is 0 Å². The Kier molecular flexibility index (Phi) is 4.42. The van der Waals surface area contributed by atoms with E-state index in [4.69, 9.17) is 4.74 Å². The van der Waals surface area contributed by atoms with E-state index in [1.165, 1.54) is 6.92 Å². The number of amides is 2. The maximum atomic E-state index is 12.3. The standard InChI is InChI=1S/C13H22N2O4/c1-11(17)15-4-2-3-13(15,10-16)9-12(18)14-5-7-19-8-6-14/h16H,2-10H2,1H3/t13-/m0/s1. The summed E-state index contributed by atoms with van der Waals surface area (Å²) >= 11 is 0. The summed E-state index contributed by atoms with van der Waals surface area (Å²) < 4.78 is 5.22. The quantitative estimate of drug-likeness (QED) is 0.758. The topological polar surface area (TPSA) is 70.1 Å². The van der Waals surface area contributed by atoms with Crippen LogP contribution >= 0.6 is 0 Å². The van der Waals surface area contributed by atoms with Crippen molar-refractivity contribution in [3.63, 3.8) is 0 Å². The highest BCUT2D eigenvalue weighted by atomic mass is 16.5. The Labute approximate surface area is 113 Å². The highest BCUT2D eigenvalue weighted by molar-refractivity contribution is 5.80. The van der Waals surface area contributed by atoms with Gasteiger partial charge in [0.25, 0.3) is 0 Å². The lowest BCUT2D eigenvalue weighted by Gasteiger charge is -2.38. The lowest BCUT2D eigenvalue weighted by Crippen LogP contribution is -2.53. The minimum atomic E-state index is -0.693. The molecule has 0 aliphatic carbocycles.